The summed E-state index contributed by atoms with van der Waals surface area (Å²) >= 11 is 6.15. The summed E-state index contributed by atoms with van der Waals surface area (Å²) in [5.41, 5.74) is 6.38. The SMILES string of the molecule is CCC(N)c1nc2cccc(Cl)c2c(=O)n1-c1cc[nH]n1.O=C(O)C(F)(F)F. The van der Waals surface area contributed by atoms with Gasteiger partial charge in [-0.1, -0.05) is 24.6 Å². The molecule has 2 heterocycles. The number of carbonyl (C=O) groups is 1. The van der Waals surface area contributed by atoms with E-state index in [-0.39, 0.29) is 11.6 Å². The van der Waals surface area contributed by atoms with E-state index in [0.717, 1.165) is 0 Å². The van der Waals surface area contributed by atoms with Gasteiger partial charge in [-0.15, -0.1) is 0 Å². The lowest BCUT2D eigenvalue weighted by Crippen LogP contribution is -2.28. The van der Waals surface area contributed by atoms with Gasteiger partial charge in [0, 0.05) is 12.3 Å². The molecule has 1 aromatic carbocycles. The molecule has 0 fully saturated rings. The topological polar surface area (TPSA) is 127 Å². The second kappa shape index (κ2) is 8.40. The Hall–Kier alpha value is -2.92. The summed E-state index contributed by atoms with van der Waals surface area (Å²) in [6.45, 7) is 1.94. The molecule has 3 aromatic rings. The third kappa shape index (κ3) is 4.49. The van der Waals surface area contributed by atoms with Crippen molar-refractivity contribution in [1.82, 2.24) is 19.7 Å². The van der Waals surface area contributed by atoms with Gasteiger partial charge in [0.25, 0.3) is 5.56 Å². The van der Waals surface area contributed by atoms with Crippen molar-refractivity contribution < 1.29 is 23.1 Å². The standard InChI is InChI=1S/C14H14ClN5O.C2HF3O2/c1-2-9(16)13-18-10-5-3-4-8(15)12(10)14(21)20(13)11-6-7-17-19-11;3-2(4,5)1(6)7/h3-7,9H,2,16H2,1H3,(H,17,19);(H,6,7). The Morgan fingerprint density at radius 3 is 2.54 bits per heavy atom. The second-order valence-electron chi connectivity index (χ2n) is 5.49. The summed E-state index contributed by atoms with van der Waals surface area (Å²) in [5, 5.41) is 14.6. The Labute approximate surface area is 160 Å². The van der Waals surface area contributed by atoms with Crippen LogP contribution in [0.2, 0.25) is 5.02 Å². The van der Waals surface area contributed by atoms with Gasteiger partial charge in [0.15, 0.2) is 5.82 Å². The number of alkyl halides is 3. The number of carboxylic acid groups (broad SMARTS) is 1. The van der Waals surface area contributed by atoms with Crippen molar-refractivity contribution in [3.05, 3.63) is 51.7 Å². The lowest BCUT2D eigenvalue weighted by Gasteiger charge is -2.16. The normalized spacial score (nSPS) is 12.4. The third-order valence-corrected chi connectivity index (χ3v) is 3.92. The highest BCUT2D eigenvalue weighted by Crippen LogP contribution is 2.22. The van der Waals surface area contributed by atoms with E-state index < -0.39 is 12.1 Å². The molecule has 3 rings (SSSR count). The number of aliphatic carboxylic acids is 1. The molecule has 0 amide bonds. The first kappa shape index (κ1) is 21.4. The Morgan fingerprint density at radius 1 is 1.39 bits per heavy atom. The van der Waals surface area contributed by atoms with Gasteiger partial charge in [-0.2, -0.15) is 18.3 Å². The molecular formula is C16H15ClF3N5O3. The Morgan fingerprint density at radius 2 is 2.04 bits per heavy atom. The van der Waals surface area contributed by atoms with E-state index in [1.165, 1.54) is 4.57 Å². The van der Waals surface area contributed by atoms with E-state index in [4.69, 9.17) is 27.2 Å². The second-order valence-corrected chi connectivity index (χ2v) is 5.90. The average molecular weight is 418 g/mol. The molecule has 28 heavy (non-hydrogen) atoms. The van der Waals surface area contributed by atoms with Crippen LogP contribution in [0.4, 0.5) is 13.2 Å². The molecule has 4 N–H and O–H groups in total. The fourth-order valence-corrected chi connectivity index (χ4v) is 2.49. The maximum absolute atomic E-state index is 12.8. The fraction of sp³-hybridized carbons (Fsp3) is 0.250. The molecule has 1 unspecified atom stereocenters. The molecule has 0 aliphatic rings. The van der Waals surface area contributed by atoms with Gasteiger partial charge in [0.2, 0.25) is 0 Å². The highest BCUT2D eigenvalue weighted by atomic mass is 35.5. The molecule has 0 saturated heterocycles. The van der Waals surface area contributed by atoms with Crippen LogP contribution in [0.3, 0.4) is 0 Å². The highest BCUT2D eigenvalue weighted by Gasteiger charge is 2.38. The number of nitrogens with two attached hydrogens (primary N) is 1. The van der Waals surface area contributed by atoms with Crippen molar-refractivity contribution in [2.24, 2.45) is 5.73 Å². The van der Waals surface area contributed by atoms with Crippen LogP contribution in [-0.4, -0.2) is 37.0 Å². The van der Waals surface area contributed by atoms with Crippen LogP contribution < -0.4 is 11.3 Å². The molecule has 150 valence electrons. The quantitative estimate of drug-likeness (QED) is 0.601. The van der Waals surface area contributed by atoms with E-state index in [9.17, 15) is 18.0 Å². The molecule has 8 nitrogen and oxygen atoms in total. The minimum atomic E-state index is -5.08. The third-order valence-electron chi connectivity index (χ3n) is 3.60. The molecular weight excluding hydrogens is 403 g/mol. The van der Waals surface area contributed by atoms with Crippen molar-refractivity contribution >= 4 is 28.5 Å². The minimum Gasteiger partial charge on any atom is -0.475 e. The van der Waals surface area contributed by atoms with Gasteiger partial charge in [-0.3, -0.25) is 9.89 Å². The van der Waals surface area contributed by atoms with Crippen molar-refractivity contribution in [3.8, 4) is 5.82 Å². The number of aromatic nitrogens is 4. The molecule has 12 heteroatoms. The largest absolute Gasteiger partial charge is 0.490 e. The van der Waals surface area contributed by atoms with Crippen LogP contribution in [0.15, 0.2) is 35.3 Å². The van der Waals surface area contributed by atoms with Crippen LogP contribution in [0.25, 0.3) is 16.7 Å². The lowest BCUT2D eigenvalue weighted by atomic mass is 10.2. The van der Waals surface area contributed by atoms with Crippen LogP contribution in [0.1, 0.15) is 25.2 Å². The molecule has 1 atom stereocenters. The first-order valence-corrected chi connectivity index (χ1v) is 8.22. The summed E-state index contributed by atoms with van der Waals surface area (Å²) in [6.07, 6.45) is -2.79. The zero-order chi connectivity index (χ0) is 21.1. The number of hydrogen-bond acceptors (Lipinski definition) is 5. The zero-order valence-electron chi connectivity index (χ0n) is 14.4. The van der Waals surface area contributed by atoms with Crippen LogP contribution in [0, 0.1) is 0 Å². The van der Waals surface area contributed by atoms with Crippen molar-refractivity contribution in [2.75, 3.05) is 0 Å². The van der Waals surface area contributed by atoms with Crippen molar-refractivity contribution in [1.29, 1.82) is 0 Å². The summed E-state index contributed by atoms with van der Waals surface area (Å²) < 4.78 is 33.2. The van der Waals surface area contributed by atoms with Crippen LogP contribution in [0.5, 0.6) is 0 Å². The predicted molar refractivity (Wildman–Crippen MR) is 95.4 cm³/mol. The number of nitrogens with zero attached hydrogens (tertiary/aromatic N) is 3. The summed E-state index contributed by atoms with van der Waals surface area (Å²) in [6, 6.07) is 6.51. The molecule has 0 saturated carbocycles. The average Bonchev–Trinajstić information content (AvgIpc) is 3.14. The van der Waals surface area contributed by atoms with Gasteiger partial charge in [-0.05, 0) is 18.6 Å². The van der Waals surface area contributed by atoms with Crippen molar-refractivity contribution in [2.45, 2.75) is 25.6 Å². The van der Waals surface area contributed by atoms with Gasteiger partial charge in [0.1, 0.15) is 5.82 Å². The number of nitrogens with one attached hydrogen (secondary N) is 1. The first-order chi connectivity index (χ1) is 13.1. The summed E-state index contributed by atoms with van der Waals surface area (Å²) in [4.78, 5) is 26.2. The number of rotatable bonds is 3. The molecule has 0 radical (unpaired) electrons. The first-order valence-electron chi connectivity index (χ1n) is 7.85. The molecule has 0 spiro atoms. The number of hydrogen-bond donors (Lipinski definition) is 3. The Bertz CT molecular complexity index is 1030. The monoisotopic (exact) mass is 417 g/mol. The number of H-pyrrole nitrogens is 1. The maximum Gasteiger partial charge on any atom is 0.490 e. The van der Waals surface area contributed by atoms with Gasteiger partial charge in [0.05, 0.1) is 22.0 Å². The zero-order valence-corrected chi connectivity index (χ0v) is 15.1. The molecule has 0 bridgehead atoms. The van der Waals surface area contributed by atoms with Gasteiger partial charge >= 0.3 is 12.1 Å². The highest BCUT2D eigenvalue weighted by molar-refractivity contribution is 6.35. The van der Waals surface area contributed by atoms with Crippen LogP contribution in [-0.2, 0) is 4.79 Å². The summed E-state index contributed by atoms with van der Waals surface area (Å²) in [5.74, 6) is -1.83. The lowest BCUT2D eigenvalue weighted by molar-refractivity contribution is -0.192. The predicted octanol–water partition coefficient (Wildman–Crippen LogP) is 2.81. The Balaban J connectivity index is 0.000000345. The van der Waals surface area contributed by atoms with Gasteiger partial charge < -0.3 is 10.8 Å². The van der Waals surface area contributed by atoms with E-state index in [0.29, 0.717) is 34.0 Å². The molecule has 2 aromatic heterocycles. The maximum atomic E-state index is 12.8. The van der Waals surface area contributed by atoms with Gasteiger partial charge in [-0.25, -0.2) is 14.3 Å². The van der Waals surface area contributed by atoms with E-state index >= 15 is 0 Å². The fourth-order valence-electron chi connectivity index (χ4n) is 2.24. The Kier molecular flexibility index (Phi) is 6.41. The van der Waals surface area contributed by atoms with Crippen molar-refractivity contribution in [3.63, 3.8) is 0 Å². The molecule has 0 aliphatic heterocycles. The van der Waals surface area contributed by atoms with Crippen LogP contribution >= 0.6 is 11.6 Å². The van der Waals surface area contributed by atoms with E-state index in [1.807, 2.05) is 6.92 Å². The minimum absolute atomic E-state index is 0.267. The number of carboxylic acids is 1. The number of benzene rings is 1. The van der Waals surface area contributed by atoms with E-state index in [1.54, 1.807) is 30.5 Å². The number of halogens is 4. The number of aromatic amines is 1. The summed E-state index contributed by atoms with van der Waals surface area (Å²) in [7, 11) is 0. The molecule has 0 aliphatic carbocycles. The van der Waals surface area contributed by atoms with E-state index in [2.05, 4.69) is 15.2 Å². The number of fused-ring (bicyclic) bond motifs is 1. The smallest absolute Gasteiger partial charge is 0.475 e.